The molecule has 2 fully saturated rings. The first-order valence-electron chi connectivity index (χ1n) is 11.0. The summed E-state index contributed by atoms with van der Waals surface area (Å²) >= 11 is 6.15. The van der Waals surface area contributed by atoms with E-state index < -0.39 is 0 Å². The molecule has 1 N–H and O–H groups in total. The van der Waals surface area contributed by atoms with E-state index in [9.17, 15) is 4.79 Å². The molecule has 1 spiro atoms. The van der Waals surface area contributed by atoms with Crippen LogP contribution in [0.3, 0.4) is 0 Å². The van der Waals surface area contributed by atoms with E-state index in [-0.39, 0.29) is 5.56 Å². The third kappa shape index (κ3) is 3.80. The van der Waals surface area contributed by atoms with E-state index in [4.69, 9.17) is 21.3 Å². The molecule has 2 aliphatic heterocycles. The third-order valence-electron chi connectivity index (χ3n) is 6.40. The predicted octanol–water partition coefficient (Wildman–Crippen LogP) is 4.61. The summed E-state index contributed by atoms with van der Waals surface area (Å²) in [4.78, 5) is 20.6. The lowest BCUT2D eigenvalue weighted by atomic mass is 9.78. The molecule has 0 unspecified atom stereocenters. The number of halogens is 1. The van der Waals surface area contributed by atoms with Crippen LogP contribution in [0.15, 0.2) is 77.6 Å². The van der Waals surface area contributed by atoms with Crippen LogP contribution < -0.4 is 10.9 Å². The SMILES string of the molecule is O=c1c2cc(Cl)ccc2nc(Nc2ccc(CN3CC4(COC4)C3)cc2)n1-c1ccccc1. The van der Waals surface area contributed by atoms with E-state index in [1.165, 1.54) is 5.56 Å². The van der Waals surface area contributed by atoms with Crippen molar-refractivity contribution in [2.45, 2.75) is 6.54 Å². The fourth-order valence-electron chi connectivity index (χ4n) is 4.73. The molecule has 2 saturated heterocycles. The van der Waals surface area contributed by atoms with Gasteiger partial charge >= 0.3 is 0 Å². The number of anilines is 2. The predicted molar refractivity (Wildman–Crippen MR) is 131 cm³/mol. The minimum Gasteiger partial charge on any atom is -0.380 e. The Balaban J connectivity index is 1.29. The van der Waals surface area contributed by atoms with E-state index in [0.29, 0.717) is 27.3 Å². The molecule has 0 saturated carbocycles. The molecule has 1 aromatic heterocycles. The van der Waals surface area contributed by atoms with E-state index in [0.717, 1.165) is 44.2 Å². The Morgan fingerprint density at radius 3 is 2.45 bits per heavy atom. The molecule has 6 rings (SSSR count). The largest absolute Gasteiger partial charge is 0.380 e. The second-order valence-electron chi connectivity index (χ2n) is 9.03. The Labute approximate surface area is 196 Å². The minimum atomic E-state index is -0.167. The van der Waals surface area contributed by atoms with E-state index >= 15 is 0 Å². The molecule has 0 radical (unpaired) electrons. The summed E-state index contributed by atoms with van der Waals surface area (Å²) in [5, 5.41) is 4.34. The molecule has 0 atom stereocenters. The van der Waals surface area contributed by atoms with Crippen molar-refractivity contribution >= 4 is 34.1 Å². The van der Waals surface area contributed by atoms with Gasteiger partial charge in [0.2, 0.25) is 5.95 Å². The normalized spacial score (nSPS) is 17.0. The van der Waals surface area contributed by atoms with Gasteiger partial charge in [-0.3, -0.25) is 9.69 Å². The first-order valence-corrected chi connectivity index (χ1v) is 11.4. The molecule has 6 nitrogen and oxygen atoms in total. The van der Waals surface area contributed by atoms with Gasteiger partial charge in [0.1, 0.15) is 0 Å². The second kappa shape index (κ2) is 7.99. The highest BCUT2D eigenvalue weighted by molar-refractivity contribution is 6.31. The van der Waals surface area contributed by atoms with Crippen LogP contribution in [0.5, 0.6) is 0 Å². The highest BCUT2D eigenvalue weighted by Gasteiger charge is 2.48. The van der Waals surface area contributed by atoms with Gasteiger partial charge in [-0.05, 0) is 48.0 Å². The number of nitrogens with one attached hydrogen (secondary N) is 1. The summed E-state index contributed by atoms with van der Waals surface area (Å²) in [5.74, 6) is 0.462. The Bertz CT molecular complexity index is 1370. The van der Waals surface area contributed by atoms with Crippen LogP contribution in [0.2, 0.25) is 5.02 Å². The third-order valence-corrected chi connectivity index (χ3v) is 6.63. The smallest absolute Gasteiger partial charge is 0.267 e. The first-order chi connectivity index (χ1) is 16.1. The summed E-state index contributed by atoms with van der Waals surface area (Å²) in [5.41, 5.74) is 3.73. The molecule has 166 valence electrons. The average molecular weight is 459 g/mol. The number of nitrogens with zero attached hydrogens (tertiary/aromatic N) is 3. The molecule has 4 aromatic rings. The number of hydrogen-bond donors (Lipinski definition) is 1. The number of fused-ring (bicyclic) bond motifs is 1. The van der Waals surface area contributed by atoms with Gasteiger partial charge < -0.3 is 10.1 Å². The maximum absolute atomic E-state index is 13.4. The highest BCUT2D eigenvalue weighted by Crippen LogP contribution is 2.38. The van der Waals surface area contributed by atoms with Crippen molar-refractivity contribution in [3.8, 4) is 5.69 Å². The lowest BCUT2D eigenvalue weighted by Gasteiger charge is -2.55. The maximum Gasteiger partial charge on any atom is 0.267 e. The Morgan fingerprint density at radius 2 is 1.76 bits per heavy atom. The quantitative estimate of drug-likeness (QED) is 0.473. The van der Waals surface area contributed by atoms with Gasteiger partial charge in [0, 0.05) is 35.8 Å². The Morgan fingerprint density at radius 1 is 1.00 bits per heavy atom. The topological polar surface area (TPSA) is 59.4 Å². The number of aromatic nitrogens is 2. The van der Waals surface area contributed by atoms with Crippen LogP contribution in [0, 0.1) is 5.41 Å². The van der Waals surface area contributed by atoms with E-state index in [1.54, 1.807) is 22.8 Å². The monoisotopic (exact) mass is 458 g/mol. The molecule has 2 aliphatic rings. The van der Waals surface area contributed by atoms with Crippen LogP contribution in [0.25, 0.3) is 16.6 Å². The number of para-hydroxylation sites is 1. The van der Waals surface area contributed by atoms with E-state index in [1.807, 2.05) is 42.5 Å². The molecule has 0 aliphatic carbocycles. The lowest BCUT2D eigenvalue weighted by Crippen LogP contribution is -2.65. The summed E-state index contributed by atoms with van der Waals surface area (Å²) < 4.78 is 6.95. The van der Waals surface area contributed by atoms with Crippen molar-refractivity contribution in [3.05, 3.63) is 93.7 Å². The summed E-state index contributed by atoms with van der Waals surface area (Å²) in [6.45, 7) is 4.97. The molecular formula is C26H23ClN4O2. The van der Waals surface area contributed by atoms with Gasteiger partial charge in [0.25, 0.3) is 5.56 Å². The zero-order valence-electron chi connectivity index (χ0n) is 18.0. The summed E-state index contributed by atoms with van der Waals surface area (Å²) in [6.07, 6.45) is 0. The number of likely N-dealkylation sites (tertiary alicyclic amines) is 1. The average Bonchev–Trinajstić information content (AvgIpc) is 2.77. The highest BCUT2D eigenvalue weighted by atomic mass is 35.5. The van der Waals surface area contributed by atoms with Crippen molar-refractivity contribution in [2.24, 2.45) is 5.41 Å². The van der Waals surface area contributed by atoms with Gasteiger partial charge in [-0.2, -0.15) is 0 Å². The first kappa shape index (κ1) is 20.4. The van der Waals surface area contributed by atoms with Crippen LogP contribution in [0.4, 0.5) is 11.6 Å². The number of hydrogen-bond acceptors (Lipinski definition) is 5. The standard InChI is InChI=1S/C26H23ClN4O2/c27-19-8-11-23-22(12-19)24(32)31(21-4-2-1-3-5-21)25(29-23)28-20-9-6-18(7-10-20)13-30-14-26(15-30)16-33-17-26/h1-12H,13-17H2,(H,28,29). The summed E-state index contributed by atoms with van der Waals surface area (Å²) in [7, 11) is 0. The van der Waals surface area contributed by atoms with Crippen molar-refractivity contribution in [1.29, 1.82) is 0 Å². The van der Waals surface area contributed by atoms with Gasteiger partial charge in [-0.15, -0.1) is 0 Å². The summed E-state index contributed by atoms with van der Waals surface area (Å²) in [6, 6.07) is 23.0. The van der Waals surface area contributed by atoms with Crippen LogP contribution >= 0.6 is 11.6 Å². The molecule has 33 heavy (non-hydrogen) atoms. The number of ether oxygens (including phenoxy) is 1. The fourth-order valence-corrected chi connectivity index (χ4v) is 4.90. The number of rotatable bonds is 5. The van der Waals surface area contributed by atoms with Gasteiger partial charge in [0.05, 0.1) is 29.8 Å². The van der Waals surface area contributed by atoms with Crippen LogP contribution in [-0.2, 0) is 11.3 Å². The van der Waals surface area contributed by atoms with Gasteiger partial charge in [-0.1, -0.05) is 41.9 Å². The Kier molecular flexibility index (Phi) is 4.94. The minimum absolute atomic E-state index is 0.167. The fraction of sp³-hybridized carbons (Fsp3) is 0.231. The zero-order valence-corrected chi connectivity index (χ0v) is 18.8. The van der Waals surface area contributed by atoms with Gasteiger partial charge in [-0.25, -0.2) is 9.55 Å². The van der Waals surface area contributed by atoms with Crippen molar-refractivity contribution in [1.82, 2.24) is 14.5 Å². The van der Waals surface area contributed by atoms with Crippen molar-refractivity contribution < 1.29 is 4.74 Å². The maximum atomic E-state index is 13.4. The molecule has 3 heterocycles. The zero-order chi connectivity index (χ0) is 22.4. The Hall–Kier alpha value is -3.19. The van der Waals surface area contributed by atoms with Crippen LogP contribution in [-0.4, -0.2) is 40.8 Å². The molecular weight excluding hydrogens is 436 g/mol. The lowest BCUT2D eigenvalue weighted by molar-refractivity contribution is -0.191. The van der Waals surface area contributed by atoms with Crippen molar-refractivity contribution in [2.75, 3.05) is 31.6 Å². The molecule has 0 bridgehead atoms. The second-order valence-corrected chi connectivity index (χ2v) is 9.47. The van der Waals surface area contributed by atoms with E-state index in [2.05, 4.69) is 22.3 Å². The molecule has 7 heteroatoms. The van der Waals surface area contributed by atoms with Crippen LogP contribution in [0.1, 0.15) is 5.56 Å². The number of benzene rings is 3. The molecule has 0 amide bonds. The molecule has 3 aromatic carbocycles. The van der Waals surface area contributed by atoms with Gasteiger partial charge in [0.15, 0.2) is 0 Å². The van der Waals surface area contributed by atoms with Crippen molar-refractivity contribution in [3.63, 3.8) is 0 Å².